The van der Waals surface area contributed by atoms with Gasteiger partial charge < -0.3 is 24.1 Å². The number of hydrogen-bond donors (Lipinski definition) is 1. The first-order valence-corrected chi connectivity index (χ1v) is 15.0. The van der Waals surface area contributed by atoms with Gasteiger partial charge in [0.15, 0.2) is 0 Å². The number of rotatable bonds is 12. The minimum atomic E-state index is -0.582. The maximum absolute atomic E-state index is 13.1. The number of carbonyl (C=O) groups excluding carboxylic acids is 3. The van der Waals surface area contributed by atoms with Crippen LogP contribution in [0.5, 0.6) is 5.75 Å². The summed E-state index contributed by atoms with van der Waals surface area (Å²) in [5.74, 6) is 0.0353. The number of piperidine rings is 2. The number of nitrogens with one attached hydrogen (secondary N) is 1. The van der Waals surface area contributed by atoms with Crippen molar-refractivity contribution in [1.29, 1.82) is 0 Å². The second kappa shape index (κ2) is 13.5. The molecule has 0 aliphatic carbocycles. The zero-order valence-electron chi connectivity index (χ0n) is 24.4. The van der Waals surface area contributed by atoms with Gasteiger partial charge in [-0.3, -0.25) is 19.7 Å². The molecular weight excluding hydrogens is 532 g/mol. The standard InChI is InChI=1S/C33H40N4O5/c1-34-33(25-10-12-26(13-11-25)42-22-21-41-2)16-19-36(20-17-33)18-5-3-4-7-24-8-6-9-27-28(24)23-37(32(27)40)29-14-15-30(38)35-31(29)39/h6,8-13,29H,3-5,7,14-23H2,2H3,(H,35,38,39). The van der Waals surface area contributed by atoms with Gasteiger partial charge in [0.05, 0.1) is 6.61 Å². The summed E-state index contributed by atoms with van der Waals surface area (Å²) >= 11 is 0. The number of unbranched alkanes of at least 4 members (excludes halogenated alkanes) is 2. The highest BCUT2D eigenvalue weighted by atomic mass is 16.5. The fourth-order valence-electron chi connectivity index (χ4n) is 6.43. The molecule has 3 amide bonds. The van der Waals surface area contributed by atoms with Gasteiger partial charge in [0.25, 0.3) is 11.4 Å². The van der Waals surface area contributed by atoms with Crippen LogP contribution in [-0.4, -0.2) is 73.5 Å². The lowest BCUT2D eigenvalue weighted by atomic mass is 9.81. The van der Waals surface area contributed by atoms with Gasteiger partial charge in [-0.15, -0.1) is 0 Å². The summed E-state index contributed by atoms with van der Waals surface area (Å²) in [6.45, 7) is 12.3. The highest BCUT2D eigenvalue weighted by Gasteiger charge is 2.42. The van der Waals surface area contributed by atoms with Crippen molar-refractivity contribution in [2.45, 2.75) is 69.5 Å². The summed E-state index contributed by atoms with van der Waals surface area (Å²) in [5, 5.41) is 2.37. The molecular formula is C33H40N4O5. The Bertz CT molecular complexity index is 1330. The van der Waals surface area contributed by atoms with Crippen molar-refractivity contribution in [2.24, 2.45) is 0 Å². The van der Waals surface area contributed by atoms with Gasteiger partial charge in [-0.1, -0.05) is 18.6 Å². The Morgan fingerprint density at radius 2 is 1.81 bits per heavy atom. The van der Waals surface area contributed by atoms with Crippen molar-refractivity contribution in [3.63, 3.8) is 0 Å². The number of benzene rings is 2. The van der Waals surface area contributed by atoms with E-state index in [0.29, 0.717) is 31.7 Å². The third-order valence-electron chi connectivity index (χ3n) is 8.94. The Morgan fingerprint density at radius 1 is 1.02 bits per heavy atom. The predicted molar refractivity (Wildman–Crippen MR) is 158 cm³/mol. The molecule has 9 heteroatoms. The monoisotopic (exact) mass is 572 g/mol. The van der Waals surface area contributed by atoms with Gasteiger partial charge in [0.1, 0.15) is 18.4 Å². The molecule has 0 aromatic heterocycles. The molecule has 222 valence electrons. The van der Waals surface area contributed by atoms with E-state index in [4.69, 9.17) is 16.0 Å². The summed E-state index contributed by atoms with van der Waals surface area (Å²) in [6.07, 6.45) is 6.40. The molecule has 1 unspecified atom stereocenters. The number of fused-ring (bicyclic) bond motifs is 1. The van der Waals surface area contributed by atoms with Crippen molar-refractivity contribution in [1.82, 2.24) is 15.1 Å². The van der Waals surface area contributed by atoms with Gasteiger partial charge >= 0.3 is 0 Å². The summed E-state index contributed by atoms with van der Waals surface area (Å²) < 4.78 is 10.7. The van der Waals surface area contributed by atoms with Gasteiger partial charge in [-0.25, -0.2) is 6.57 Å². The predicted octanol–water partition coefficient (Wildman–Crippen LogP) is 4.10. The van der Waals surface area contributed by atoms with Crippen LogP contribution in [0.1, 0.15) is 72.0 Å². The van der Waals surface area contributed by atoms with Crippen molar-refractivity contribution in [3.8, 4) is 5.75 Å². The molecule has 3 heterocycles. The second-order valence-corrected chi connectivity index (χ2v) is 11.5. The van der Waals surface area contributed by atoms with E-state index >= 15 is 0 Å². The molecule has 2 aromatic carbocycles. The minimum Gasteiger partial charge on any atom is -0.491 e. The molecule has 1 atom stereocenters. The first-order chi connectivity index (χ1) is 20.4. The van der Waals surface area contributed by atoms with E-state index in [9.17, 15) is 14.4 Å². The van der Waals surface area contributed by atoms with Crippen LogP contribution in [0.15, 0.2) is 42.5 Å². The molecule has 2 saturated heterocycles. The van der Waals surface area contributed by atoms with Crippen molar-refractivity contribution in [3.05, 3.63) is 76.1 Å². The number of imide groups is 1. The van der Waals surface area contributed by atoms with Gasteiger partial charge in [0.2, 0.25) is 11.8 Å². The number of methoxy groups -OCH3 is 1. The van der Waals surface area contributed by atoms with Crippen molar-refractivity contribution in [2.75, 3.05) is 40.0 Å². The summed E-state index contributed by atoms with van der Waals surface area (Å²) in [6, 6.07) is 13.3. The van der Waals surface area contributed by atoms with E-state index in [1.807, 2.05) is 36.4 Å². The smallest absolute Gasteiger partial charge is 0.260 e. The molecule has 0 saturated carbocycles. The number of carbonyl (C=O) groups is 3. The molecule has 9 nitrogen and oxygen atoms in total. The van der Waals surface area contributed by atoms with E-state index < -0.39 is 11.6 Å². The summed E-state index contributed by atoms with van der Waals surface area (Å²) in [4.78, 5) is 45.2. The number of amides is 3. The van der Waals surface area contributed by atoms with Crippen LogP contribution in [0.4, 0.5) is 0 Å². The Hall–Kier alpha value is -3.74. The van der Waals surface area contributed by atoms with E-state index in [1.54, 1.807) is 12.0 Å². The van der Waals surface area contributed by atoms with Crippen LogP contribution < -0.4 is 10.1 Å². The van der Waals surface area contributed by atoms with Crippen molar-refractivity contribution >= 4 is 17.7 Å². The van der Waals surface area contributed by atoms with Crippen LogP contribution in [0.25, 0.3) is 4.85 Å². The SMILES string of the molecule is [C-]#[N+]C1(c2ccc(OCCOC)cc2)CCN(CCCCCc2cccc3c2CN(C2CCC(=O)NC2=O)C3=O)CC1. The topological polar surface area (TPSA) is 92.5 Å². The largest absolute Gasteiger partial charge is 0.491 e. The molecule has 0 spiro atoms. The van der Waals surface area contributed by atoms with E-state index in [0.717, 1.165) is 75.0 Å². The first kappa shape index (κ1) is 29.7. The van der Waals surface area contributed by atoms with Crippen LogP contribution >= 0.6 is 0 Å². The maximum atomic E-state index is 13.1. The van der Waals surface area contributed by atoms with Gasteiger partial charge in [0, 0.05) is 57.1 Å². The number of likely N-dealkylation sites (tertiary alicyclic amines) is 1. The molecule has 1 N–H and O–H groups in total. The third kappa shape index (κ3) is 6.50. The molecule has 0 radical (unpaired) electrons. The maximum Gasteiger partial charge on any atom is 0.260 e. The molecule has 3 aliphatic heterocycles. The van der Waals surface area contributed by atoms with E-state index in [-0.39, 0.29) is 24.1 Å². The molecule has 2 fully saturated rings. The molecule has 2 aromatic rings. The Kier molecular flexibility index (Phi) is 9.55. The summed E-state index contributed by atoms with van der Waals surface area (Å²) in [5.41, 5.74) is 3.48. The Morgan fingerprint density at radius 3 is 2.52 bits per heavy atom. The van der Waals surface area contributed by atoms with E-state index in [2.05, 4.69) is 21.1 Å². The van der Waals surface area contributed by atoms with Crippen LogP contribution in [0.2, 0.25) is 0 Å². The van der Waals surface area contributed by atoms with Crippen molar-refractivity contribution < 1.29 is 23.9 Å². The molecule has 3 aliphatic rings. The molecule has 42 heavy (non-hydrogen) atoms. The second-order valence-electron chi connectivity index (χ2n) is 11.5. The fraction of sp³-hybridized carbons (Fsp3) is 0.515. The molecule has 5 rings (SSSR count). The normalized spacial score (nSPS) is 20.2. The lowest BCUT2D eigenvalue weighted by molar-refractivity contribution is -0.136. The Balaban J connectivity index is 1.06. The molecule has 0 bridgehead atoms. The van der Waals surface area contributed by atoms with Crippen LogP contribution in [0.3, 0.4) is 0 Å². The lowest BCUT2D eigenvalue weighted by Gasteiger charge is -2.34. The van der Waals surface area contributed by atoms with Crippen LogP contribution in [-0.2, 0) is 32.8 Å². The first-order valence-electron chi connectivity index (χ1n) is 15.0. The average Bonchev–Trinajstić information content (AvgIpc) is 3.34. The zero-order valence-corrected chi connectivity index (χ0v) is 24.4. The third-order valence-corrected chi connectivity index (χ3v) is 8.94. The highest BCUT2D eigenvalue weighted by molar-refractivity contribution is 6.05. The highest BCUT2D eigenvalue weighted by Crippen LogP contribution is 2.38. The average molecular weight is 573 g/mol. The number of ether oxygens (including phenoxy) is 2. The summed E-state index contributed by atoms with van der Waals surface area (Å²) in [7, 11) is 1.65. The number of nitrogens with zero attached hydrogens (tertiary/aromatic N) is 3. The van der Waals surface area contributed by atoms with Crippen LogP contribution in [0, 0.1) is 6.57 Å². The number of hydrogen-bond acceptors (Lipinski definition) is 6. The quantitative estimate of drug-likeness (QED) is 0.234. The number of aryl methyl sites for hydroxylation is 1. The van der Waals surface area contributed by atoms with E-state index in [1.165, 1.54) is 5.56 Å². The Labute approximate surface area is 248 Å². The lowest BCUT2D eigenvalue weighted by Crippen LogP contribution is -2.52. The fourth-order valence-corrected chi connectivity index (χ4v) is 6.43. The van der Waals surface area contributed by atoms with Gasteiger partial charge in [-0.05, 0) is 73.7 Å². The zero-order chi connectivity index (χ0) is 29.5. The minimum absolute atomic E-state index is 0.117. The van der Waals surface area contributed by atoms with Gasteiger partial charge in [-0.2, -0.15) is 0 Å².